The largest absolute Gasteiger partial charge is 0.492 e. The first-order chi connectivity index (χ1) is 16.1. The standard InChI is InChI=1S/C23H31N3O6S2/c1-19(26(33(2,28)29)20-9-5-3-6-10-20)23(27)24-15-18-32-21-11-13-22(14-12-21)34(30,31)25-16-7-4-8-17-25/h3,5-6,9-14,19H,4,7-8,15-18H2,1-2H3,(H,24,27)/t19-/m0/s1. The Balaban J connectivity index is 1.52. The van der Waals surface area contributed by atoms with Crippen LogP contribution < -0.4 is 14.4 Å². The topological polar surface area (TPSA) is 113 Å². The smallest absolute Gasteiger partial charge is 0.243 e. The number of nitrogens with one attached hydrogen (secondary N) is 1. The molecule has 0 saturated carbocycles. The van der Waals surface area contributed by atoms with Crippen molar-refractivity contribution in [3.05, 3.63) is 54.6 Å². The molecule has 1 aliphatic rings. The maximum atomic E-state index is 12.7. The zero-order valence-corrected chi connectivity index (χ0v) is 21.0. The molecule has 1 fully saturated rings. The van der Waals surface area contributed by atoms with Crippen LogP contribution in [0.3, 0.4) is 0 Å². The third-order valence-electron chi connectivity index (χ3n) is 5.55. The van der Waals surface area contributed by atoms with E-state index in [1.54, 1.807) is 42.5 Å². The van der Waals surface area contributed by atoms with Crippen molar-refractivity contribution in [2.75, 3.05) is 36.8 Å². The number of sulfonamides is 2. The highest BCUT2D eigenvalue weighted by atomic mass is 32.2. The minimum Gasteiger partial charge on any atom is -0.492 e. The minimum absolute atomic E-state index is 0.140. The Kier molecular flexibility index (Phi) is 8.56. The molecular weight excluding hydrogens is 478 g/mol. The third kappa shape index (κ3) is 6.49. The molecule has 1 heterocycles. The van der Waals surface area contributed by atoms with Gasteiger partial charge in [-0.05, 0) is 56.2 Å². The predicted octanol–water partition coefficient (Wildman–Crippen LogP) is 2.21. The average molecular weight is 510 g/mol. The Morgan fingerprint density at radius 1 is 1.00 bits per heavy atom. The number of hydrogen-bond donors (Lipinski definition) is 1. The maximum Gasteiger partial charge on any atom is 0.243 e. The van der Waals surface area contributed by atoms with Crippen molar-refractivity contribution in [3.8, 4) is 5.75 Å². The Hall–Kier alpha value is -2.63. The molecule has 3 rings (SSSR count). The van der Waals surface area contributed by atoms with Crippen molar-refractivity contribution in [3.63, 3.8) is 0 Å². The fourth-order valence-corrected chi connectivity index (χ4v) is 6.53. The van der Waals surface area contributed by atoms with Gasteiger partial charge in [0.15, 0.2) is 0 Å². The zero-order chi connectivity index (χ0) is 24.8. The van der Waals surface area contributed by atoms with Gasteiger partial charge >= 0.3 is 0 Å². The number of carbonyl (C=O) groups is 1. The zero-order valence-electron chi connectivity index (χ0n) is 19.4. The molecule has 1 amide bonds. The van der Waals surface area contributed by atoms with Crippen LogP contribution in [0.25, 0.3) is 0 Å². The van der Waals surface area contributed by atoms with Crippen molar-refractivity contribution in [2.24, 2.45) is 0 Å². The molecule has 9 nitrogen and oxygen atoms in total. The van der Waals surface area contributed by atoms with Crippen LogP contribution in [0.4, 0.5) is 5.69 Å². The number of rotatable bonds is 10. The monoisotopic (exact) mass is 509 g/mol. The first-order valence-corrected chi connectivity index (χ1v) is 14.4. The lowest BCUT2D eigenvalue weighted by Gasteiger charge is -2.28. The fraction of sp³-hybridized carbons (Fsp3) is 0.435. The molecule has 186 valence electrons. The van der Waals surface area contributed by atoms with E-state index in [4.69, 9.17) is 4.74 Å². The lowest BCUT2D eigenvalue weighted by Crippen LogP contribution is -2.48. The number of nitrogens with zero attached hydrogens (tertiary/aromatic N) is 2. The van der Waals surface area contributed by atoms with Crippen LogP contribution in [-0.2, 0) is 24.8 Å². The lowest BCUT2D eigenvalue weighted by molar-refractivity contribution is -0.121. The molecule has 0 unspecified atom stereocenters. The molecule has 0 bridgehead atoms. The van der Waals surface area contributed by atoms with Gasteiger partial charge in [-0.1, -0.05) is 24.6 Å². The van der Waals surface area contributed by atoms with Crippen LogP contribution in [0, 0.1) is 0 Å². The van der Waals surface area contributed by atoms with Gasteiger partial charge in [0.25, 0.3) is 0 Å². The highest BCUT2D eigenvalue weighted by molar-refractivity contribution is 7.92. The summed E-state index contributed by atoms with van der Waals surface area (Å²) in [5, 5.41) is 2.68. The van der Waals surface area contributed by atoms with Gasteiger partial charge in [0.2, 0.25) is 26.0 Å². The van der Waals surface area contributed by atoms with Gasteiger partial charge in [-0.15, -0.1) is 0 Å². The van der Waals surface area contributed by atoms with Crippen molar-refractivity contribution in [1.82, 2.24) is 9.62 Å². The van der Waals surface area contributed by atoms with Crippen LogP contribution in [0.15, 0.2) is 59.5 Å². The van der Waals surface area contributed by atoms with Gasteiger partial charge in [-0.3, -0.25) is 9.10 Å². The van der Waals surface area contributed by atoms with Crippen molar-refractivity contribution in [1.29, 1.82) is 0 Å². The van der Waals surface area contributed by atoms with Crippen molar-refractivity contribution in [2.45, 2.75) is 37.1 Å². The third-order valence-corrected chi connectivity index (χ3v) is 8.70. The SMILES string of the molecule is C[C@@H](C(=O)NCCOc1ccc(S(=O)(=O)N2CCCCC2)cc1)N(c1ccccc1)S(C)(=O)=O. The number of hydrogen-bond acceptors (Lipinski definition) is 6. The van der Waals surface area contributed by atoms with Crippen LogP contribution in [-0.4, -0.2) is 65.6 Å². The highest BCUT2D eigenvalue weighted by Crippen LogP contribution is 2.23. The number of benzene rings is 2. The van der Waals surface area contributed by atoms with E-state index in [9.17, 15) is 21.6 Å². The predicted molar refractivity (Wildman–Crippen MR) is 131 cm³/mol. The Morgan fingerprint density at radius 3 is 2.21 bits per heavy atom. The average Bonchev–Trinajstić information content (AvgIpc) is 2.82. The normalized spacial score (nSPS) is 15.9. The Morgan fingerprint density at radius 2 is 1.62 bits per heavy atom. The number of ether oxygens (including phenoxy) is 1. The molecule has 1 saturated heterocycles. The molecule has 2 aromatic rings. The van der Waals surface area contributed by atoms with E-state index in [-0.39, 0.29) is 18.0 Å². The molecule has 1 atom stereocenters. The first-order valence-electron chi connectivity index (χ1n) is 11.2. The summed E-state index contributed by atoms with van der Waals surface area (Å²) in [4.78, 5) is 12.8. The van der Waals surface area contributed by atoms with Crippen LogP contribution in [0.2, 0.25) is 0 Å². The quantitative estimate of drug-likeness (QED) is 0.492. The molecule has 1 N–H and O–H groups in total. The fourth-order valence-electron chi connectivity index (χ4n) is 3.84. The molecule has 2 aromatic carbocycles. The summed E-state index contributed by atoms with van der Waals surface area (Å²) in [6.07, 6.45) is 3.85. The van der Waals surface area contributed by atoms with Gasteiger partial charge in [0, 0.05) is 13.1 Å². The first kappa shape index (κ1) is 26.0. The van der Waals surface area contributed by atoms with Gasteiger partial charge in [-0.2, -0.15) is 4.31 Å². The number of piperidine rings is 1. The minimum atomic E-state index is -3.67. The Labute approximate surface area is 201 Å². The maximum absolute atomic E-state index is 12.7. The van der Waals surface area contributed by atoms with E-state index in [0.29, 0.717) is 24.5 Å². The van der Waals surface area contributed by atoms with E-state index < -0.39 is 32.0 Å². The van der Waals surface area contributed by atoms with Crippen LogP contribution in [0.5, 0.6) is 5.75 Å². The summed E-state index contributed by atoms with van der Waals surface area (Å²) in [6, 6.07) is 13.7. The van der Waals surface area contributed by atoms with E-state index in [1.807, 2.05) is 0 Å². The molecule has 0 aromatic heterocycles. The summed E-state index contributed by atoms with van der Waals surface area (Å²) >= 11 is 0. The second kappa shape index (κ2) is 11.2. The number of amides is 1. The van der Waals surface area contributed by atoms with E-state index >= 15 is 0 Å². The van der Waals surface area contributed by atoms with Gasteiger partial charge in [0.1, 0.15) is 18.4 Å². The molecular formula is C23H31N3O6S2. The Bertz CT molecular complexity index is 1160. The molecule has 0 radical (unpaired) electrons. The van der Waals surface area contributed by atoms with Gasteiger partial charge < -0.3 is 10.1 Å². The van der Waals surface area contributed by atoms with Crippen LogP contribution >= 0.6 is 0 Å². The van der Waals surface area contributed by atoms with Crippen LogP contribution in [0.1, 0.15) is 26.2 Å². The molecule has 1 aliphatic heterocycles. The molecule has 0 aliphatic carbocycles. The van der Waals surface area contributed by atoms with Gasteiger partial charge in [-0.25, -0.2) is 16.8 Å². The summed E-state index contributed by atoms with van der Waals surface area (Å²) in [7, 11) is -7.17. The molecule has 0 spiro atoms. The van der Waals surface area contributed by atoms with E-state index in [1.165, 1.54) is 23.4 Å². The molecule has 34 heavy (non-hydrogen) atoms. The number of carbonyl (C=O) groups excluding carboxylic acids is 1. The van der Waals surface area contributed by atoms with E-state index in [0.717, 1.165) is 29.8 Å². The van der Waals surface area contributed by atoms with Gasteiger partial charge in [0.05, 0.1) is 23.4 Å². The lowest BCUT2D eigenvalue weighted by atomic mass is 10.2. The number of anilines is 1. The van der Waals surface area contributed by atoms with E-state index in [2.05, 4.69) is 5.32 Å². The summed E-state index contributed by atoms with van der Waals surface area (Å²) in [5.41, 5.74) is 0.406. The number of para-hydroxylation sites is 1. The summed E-state index contributed by atoms with van der Waals surface area (Å²) in [6.45, 7) is 2.90. The van der Waals surface area contributed by atoms with Crippen molar-refractivity contribution < 1.29 is 26.4 Å². The second-order valence-corrected chi connectivity index (χ2v) is 11.9. The summed E-state index contributed by atoms with van der Waals surface area (Å²) < 4.78 is 58.2. The van der Waals surface area contributed by atoms with Crippen molar-refractivity contribution >= 4 is 31.6 Å². The summed E-state index contributed by atoms with van der Waals surface area (Å²) in [5.74, 6) is 0.0165. The second-order valence-electron chi connectivity index (χ2n) is 8.15. The highest BCUT2D eigenvalue weighted by Gasteiger charge is 2.29. The molecule has 11 heteroatoms.